The van der Waals surface area contributed by atoms with E-state index in [0.29, 0.717) is 12.4 Å². The second-order valence-corrected chi connectivity index (χ2v) is 3.15. The Labute approximate surface area is 79.8 Å². The average Bonchev–Trinajstić information content (AvgIpc) is 2.09. The Morgan fingerprint density at radius 2 is 2.08 bits per heavy atom. The molecule has 0 saturated heterocycles. The molecule has 0 bridgehead atoms. The number of nitrogens with two attached hydrogens (primary N) is 1. The molecule has 1 rings (SSSR count). The van der Waals surface area contributed by atoms with Gasteiger partial charge in [0.15, 0.2) is 5.82 Å². The monoisotopic (exact) mass is 227 g/mol. The second-order valence-electron chi connectivity index (χ2n) is 2.24. The summed E-state index contributed by atoms with van der Waals surface area (Å²) in [5.41, 5.74) is 5.32. The number of rotatable bonds is 3. The Kier molecular flexibility index (Phi) is 3.90. The van der Waals surface area contributed by atoms with Crippen LogP contribution in [0.5, 0.6) is 0 Å². The average molecular weight is 228 g/mol. The molecule has 0 aliphatic rings. The molecule has 2 N–H and O–H groups in total. The topological polar surface area (TPSA) is 51.8 Å². The molecule has 0 radical (unpaired) electrons. The van der Waals surface area contributed by atoms with E-state index in [1.807, 2.05) is 12.2 Å². The fourth-order valence-electron chi connectivity index (χ4n) is 0.693. The summed E-state index contributed by atoms with van der Waals surface area (Å²) in [7, 11) is 0. The highest BCUT2D eigenvalue weighted by atomic mass is 79.9. The van der Waals surface area contributed by atoms with Crippen molar-refractivity contribution < 1.29 is 0 Å². The lowest BCUT2D eigenvalue weighted by atomic mass is 10.3. The normalized spacial score (nSPS) is 10.8. The molecule has 0 unspecified atom stereocenters. The summed E-state index contributed by atoms with van der Waals surface area (Å²) in [6, 6.07) is 0. The third-order valence-electron chi connectivity index (χ3n) is 1.24. The van der Waals surface area contributed by atoms with Crippen LogP contribution < -0.4 is 5.73 Å². The van der Waals surface area contributed by atoms with E-state index in [-0.39, 0.29) is 0 Å². The summed E-state index contributed by atoms with van der Waals surface area (Å²) >= 11 is 3.26. The highest BCUT2D eigenvalue weighted by Gasteiger charge is 1.88. The third kappa shape index (κ3) is 3.11. The van der Waals surface area contributed by atoms with Crippen molar-refractivity contribution in [2.24, 2.45) is 5.73 Å². The van der Waals surface area contributed by atoms with Gasteiger partial charge in [-0.3, -0.25) is 0 Å². The van der Waals surface area contributed by atoms with Gasteiger partial charge in [0.2, 0.25) is 0 Å². The maximum absolute atomic E-state index is 5.32. The lowest BCUT2D eigenvalue weighted by Crippen LogP contribution is -1.95. The van der Waals surface area contributed by atoms with Gasteiger partial charge in [0.1, 0.15) is 0 Å². The van der Waals surface area contributed by atoms with E-state index in [1.54, 1.807) is 12.4 Å². The molecule has 64 valence electrons. The van der Waals surface area contributed by atoms with E-state index < -0.39 is 0 Å². The number of hydrogen-bond acceptors (Lipinski definition) is 3. The molecule has 0 atom stereocenters. The Morgan fingerprint density at radius 1 is 1.42 bits per heavy atom. The summed E-state index contributed by atoms with van der Waals surface area (Å²) in [4.78, 5) is 8.13. The quantitative estimate of drug-likeness (QED) is 0.854. The van der Waals surface area contributed by atoms with Crippen LogP contribution in [0, 0.1) is 0 Å². The first-order valence-corrected chi connectivity index (χ1v) is 4.46. The fraction of sp³-hybridized carbons (Fsp3) is 0.250. The molecular weight excluding hydrogens is 218 g/mol. The van der Waals surface area contributed by atoms with E-state index in [1.165, 1.54) is 0 Å². The van der Waals surface area contributed by atoms with Crippen LogP contribution >= 0.6 is 15.9 Å². The maximum atomic E-state index is 5.32. The summed E-state index contributed by atoms with van der Waals surface area (Å²) in [5.74, 6) is 0.714. The van der Waals surface area contributed by atoms with Gasteiger partial charge in [0.25, 0.3) is 0 Å². The van der Waals surface area contributed by atoms with Gasteiger partial charge in [-0.25, -0.2) is 9.97 Å². The van der Waals surface area contributed by atoms with Crippen molar-refractivity contribution in [1.82, 2.24) is 9.97 Å². The molecule has 4 heteroatoms. The highest BCUT2D eigenvalue weighted by Crippen LogP contribution is 2.04. The highest BCUT2D eigenvalue weighted by molar-refractivity contribution is 9.10. The smallest absolute Gasteiger partial charge is 0.151 e. The minimum absolute atomic E-state index is 0.660. The van der Waals surface area contributed by atoms with Crippen LogP contribution in [0.1, 0.15) is 12.2 Å². The molecule has 1 aromatic rings. The van der Waals surface area contributed by atoms with Gasteiger partial charge in [0, 0.05) is 12.4 Å². The van der Waals surface area contributed by atoms with Gasteiger partial charge in [-0.05, 0) is 35.0 Å². The first-order valence-electron chi connectivity index (χ1n) is 3.67. The summed E-state index contributed by atoms with van der Waals surface area (Å²) in [5, 5.41) is 0. The molecule has 12 heavy (non-hydrogen) atoms. The predicted octanol–water partition coefficient (Wildman–Crippen LogP) is 1.60. The van der Waals surface area contributed by atoms with Crippen molar-refractivity contribution in [3.05, 3.63) is 28.8 Å². The summed E-state index contributed by atoms with van der Waals surface area (Å²) < 4.78 is 0.887. The van der Waals surface area contributed by atoms with Crippen LogP contribution in [-0.4, -0.2) is 16.5 Å². The van der Waals surface area contributed by atoms with Crippen LogP contribution in [0.25, 0.3) is 6.08 Å². The van der Waals surface area contributed by atoms with E-state index in [9.17, 15) is 0 Å². The van der Waals surface area contributed by atoms with Crippen molar-refractivity contribution in [2.45, 2.75) is 6.42 Å². The van der Waals surface area contributed by atoms with Crippen molar-refractivity contribution in [2.75, 3.05) is 6.54 Å². The lowest BCUT2D eigenvalue weighted by Gasteiger charge is -1.91. The van der Waals surface area contributed by atoms with Crippen LogP contribution in [0.2, 0.25) is 0 Å². The number of nitrogens with zero attached hydrogens (tertiary/aromatic N) is 2. The number of aromatic nitrogens is 2. The molecule has 0 spiro atoms. The molecule has 0 fully saturated rings. The van der Waals surface area contributed by atoms with Crippen LogP contribution in [0.3, 0.4) is 0 Å². The zero-order valence-corrected chi connectivity index (χ0v) is 8.16. The molecule has 1 aromatic heterocycles. The summed E-state index contributed by atoms with van der Waals surface area (Å²) in [6.45, 7) is 0.660. The Morgan fingerprint density at radius 3 is 2.67 bits per heavy atom. The van der Waals surface area contributed by atoms with E-state index in [0.717, 1.165) is 10.9 Å². The fourth-order valence-corrected chi connectivity index (χ4v) is 0.898. The molecule has 0 amide bonds. The number of hydrogen-bond donors (Lipinski definition) is 1. The zero-order chi connectivity index (χ0) is 8.81. The molecule has 0 aliphatic carbocycles. The van der Waals surface area contributed by atoms with Gasteiger partial charge in [-0.1, -0.05) is 6.08 Å². The molecule has 3 nitrogen and oxygen atoms in total. The molecule has 0 saturated carbocycles. The Bertz CT molecular complexity index is 256. The van der Waals surface area contributed by atoms with E-state index >= 15 is 0 Å². The van der Waals surface area contributed by atoms with Crippen LogP contribution in [0.4, 0.5) is 0 Å². The van der Waals surface area contributed by atoms with Gasteiger partial charge >= 0.3 is 0 Å². The number of halogens is 1. The maximum Gasteiger partial charge on any atom is 0.151 e. The Balaban J connectivity index is 2.58. The molecule has 0 aromatic carbocycles. The minimum atomic E-state index is 0.660. The van der Waals surface area contributed by atoms with Gasteiger partial charge < -0.3 is 5.73 Å². The molecular formula is C8H10BrN3. The molecule has 0 aliphatic heterocycles. The third-order valence-corrected chi connectivity index (χ3v) is 1.65. The molecule has 1 heterocycles. The lowest BCUT2D eigenvalue weighted by molar-refractivity contribution is 1.01. The first kappa shape index (κ1) is 9.35. The van der Waals surface area contributed by atoms with Crippen molar-refractivity contribution in [3.63, 3.8) is 0 Å². The summed E-state index contributed by atoms with van der Waals surface area (Å²) in [6.07, 6.45) is 8.12. The minimum Gasteiger partial charge on any atom is -0.330 e. The largest absolute Gasteiger partial charge is 0.330 e. The standard InChI is InChI=1S/C8H10BrN3/c9-7-5-11-8(12-6-7)3-1-2-4-10/h1,3,5-6H,2,4,10H2. The van der Waals surface area contributed by atoms with Crippen LogP contribution in [-0.2, 0) is 0 Å². The SMILES string of the molecule is NCCC=Cc1ncc(Br)cn1. The van der Waals surface area contributed by atoms with Gasteiger partial charge in [-0.15, -0.1) is 0 Å². The van der Waals surface area contributed by atoms with E-state index in [4.69, 9.17) is 5.73 Å². The first-order chi connectivity index (χ1) is 5.83. The van der Waals surface area contributed by atoms with Gasteiger partial charge in [-0.2, -0.15) is 0 Å². The zero-order valence-electron chi connectivity index (χ0n) is 6.57. The van der Waals surface area contributed by atoms with E-state index in [2.05, 4.69) is 25.9 Å². The predicted molar refractivity (Wildman–Crippen MR) is 52.4 cm³/mol. The van der Waals surface area contributed by atoms with Gasteiger partial charge in [0.05, 0.1) is 4.47 Å². The second kappa shape index (κ2) is 5.00. The van der Waals surface area contributed by atoms with Crippen molar-refractivity contribution >= 4 is 22.0 Å². The van der Waals surface area contributed by atoms with Crippen molar-refractivity contribution in [3.8, 4) is 0 Å². The van der Waals surface area contributed by atoms with Crippen LogP contribution in [0.15, 0.2) is 22.9 Å². The Hall–Kier alpha value is -0.740. The van der Waals surface area contributed by atoms with Crippen molar-refractivity contribution in [1.29, 1.82) is 0 Å².